The monoisotopic (exact) mass is 194 g/mol. The molecule has 0 spiro atoms. The minimum absolute atomic E-state index is 0.0311. The largest absolute Gasteiger partial charge is 0.322 e. The van der Waals surface area contributed by atoms with Crippen LogP contribution in [0.25, 0.3) is 0 Å². The third-order valence-corrected chi connectivity index (χ3v) is 2.56. The van der Waals surface area contributed by atoms with Gasteiger partial charge in [-0.25, -0.2) is 4.79 Å². The van der Waals surface area contributed by atoms with Gasteiger partial charge in [0.05, 0.1) is 11.9 Å². The molecule has 2 rings (SSSR count). The van der Waals surface area contributed by atoms with E-state index in [4.69, 9.17) is 0 Å². The van der Waals surface area contributed by atoms with Crippen molar-refractivity contribution in [3.8, 4) is 0 Å². The van der Waals surface area contributed by atoms with Gasteiger partial charge in [0.1, 0.15) is 0 Å². The molecule has 14 heavy (non-hydrogen) atoms. The van der Waals surface area contributed by atoms with Crippen molar-refractivity contribution in [1.29, 1.82) is 0 Å². The molecule has 1 fully saturated rings. The molecule has 0 aliphatic carbocycles. The summed E-state index contributed by atoms with van der Waals surface area (Å²) in [5, 5.41) is 9.20. The fourth-order valence-electron chi connectivity index (χ4n) is 1.75. The topological polar surface area (TPSA) is 61.0 Å². The molecule has 2 amide bonds. The standard InChI is InChI=1S/C9H14N4O/c1-7-3-2-4-13(7)9(14)12-8-5-10-11-6-8/h5-7H,2-4H2,1H3,(H,10,11)(H,12,14). The van der Waals surface area contributed by atoms with E-state index in [0.29, 0.717) is 11.7 Å². The van der Waals surface area contributed by atoms with E-state index in [0.717, 1.165) is 19.4 Å². The number of amides is 2. The Bertz CT molecular complexity index is 309. The molecule has 1 aliphatic rings. The minimum atomic E-state index is -0.0311. The second-order valence-electron chi connectivity index (χ2n) is 3.60. The van der Waals surface area contributed by atoms with Crippen molar-refractivity contribution in [3.05, 3.63) is 12.4 Å². The molecule has 0 aromatic carbocycles. The Balaban J connectivity index is 1.95. The van der Waals surface area contributed by atoms with Gasteiger partial charge in [0.15, 0.2) is 0 Å². The van der Waals surface area contributed by atoms with Gasteiger partial charge in [-0.2, -0.15) is 5.10 Å². The first-order valence-corrected chi connectivity index (χ1v) is 4.84. The highest BCUT2D eigenvalue weighted by Gasteiger charge is 2.24. The number of carbonyl (C=O) groups is 1. The number of likely N-dealkylation sites (tertiary alicyclic amines) is 1. The van der Waals surface area contributed by atoms with Crippen molar-refractivity contribution < 1.29 is 4.79 Å². The van der Waals surface area contributed by atoms with Crippen molar-refractivity contribution in [2.75, 3.05) is 11.9 Å². The average molecular weight is 194 g/mol. The molecule has 1 aromatic rings. The van der Waals surface area contributed by atoms with Crippen LogP contribution in [-0.2, 0) is 0 Å². The zero-order valence-corrected chi connectivity index (χ0v) is 8.16. The lowest BCUT2D eigenvalue weighted by Crippen LogP contribution is -2.37. The smallest absolute Gasteiger partial charge is 0.322 e. The van der Waals surface area contributed by atoms with E-state index in [1.165, 1.54) is 0 Å². The van der Waals surface area contributed by atoms with E-state index < -0.39 is 0 Å². The SMILES string of the molecule is CC1CCCN1C(=O)Nc1cn[nH]c1. The zero-order valence-electron chi connectivity index (χ0n) is 8.16. The van der Waals surface area contributed by atoms with Crippen molar-refractivity contribution in [3.63, 3.8) is 0 Å². The summed E-state index contributed by atoms with van der Waals surface area (Å²) in [6, 6.07) is 0.318. The molecule has 0 bridgehead atoms. The number of nitrogens with one attached hydrogen (secondary N) is 2. The zero-order chi connectivity index (χ0) is 9.97. The molecular formula is C9H14N4O. The van der Waals surface area contributed by atoms with Crippen LogP contribution in [0.5, 0.6) is 0 Å². The fourth-order valence-corrected chi connectivity index (χ4v) is 1.75. The predicted octanol–water partition coefficient (Wildman–Crippen LogP) is 1.43. The molecular weight excluding hydrogens is 180 g/mol. The number of hydrogen-bond donors (Lipinski definition) is 2. The number of carbonyl (C=O) groups excluding carboxylic acids is 1. The minimum Gasteiger partial charge on any atom is -0.322 e. The van der Waals surface area contributed by atoms with Crippen LogP contribution in [0, 0.1) is 0 Å². The first-order chi connectivity index (χ1) is 6.77. The lowest BCUT2D eigenvalue weighted by atomic mass is 10.2. The summed E-state index contributed by atoms with van der Waals surface area (Å²) in [6.07, 6.45) is 5.45. The number of H-pyrrole nitrogens is 1. The third-order valence-electron chi connectivity index (χ3n) is 2.56. The predicted molar refractivity (Wildman–Crippen MR) is 53.0 cm³/mol. The maximum atomic E-state index is 11.7. The Labute approximate surface area is 82.5 Å². The first-order valence-electron chi connectivity index (χ1n) is 4.84. The van der Waals surface area contributed by atoms with E-state index in [2.05, 4.69) is 22.4 Å². The highest BCUT2D eigenvalue weighted by atomic mass is 16.2. The average Bonchev–Trinajstić information content (AvgIpc) is 2.75. The molecule has 0 saturated carbocycles. The van der Waals surface area contributed by atoms with Crippen LogP contribution in [0.3, 0.4) is 0 Å². The summed E-state index contributed by atoms with van der Waals surface area (Å²) in [6.45, 7) is 2.92. The summed E-state index contributed by atoms with van der Waals surface area (Å²) in [5.74, 6) is 0. The fraction of sp³-hybridized carbons (Fsp3) is 0.556. The van der Waals surface area contributed by atoms with Gasteiger partial charge < -0.3 is 10.2 Å². The molecule has 1 saturated heterocycles. The normalized spacial score (nSPS) is 21.2. The molecule has 2 N–H and O–H groups in total. The lowest BCUT2D eigenvalue weighted by molar-refractivity contribution is 0.210. The van der Waals surface area contributed by atoms with Crippen molar-refractivity contribution >= 4 is 11.7 Å². The number of aromatic amines is 1. The van der Waals surface area contributed by atoms with Gasteiger partial charge in [-0.1, -0.05) is 0 Å². The second-order valence-corrected chi connectivity index (χ2v) is 3.60. The Morgan fingerprint density at radius 1 is 1.79 bits per heavy atom. The van der Waals surface area contributed by atoms with E-state index in [9.17, 15) is 4.79 Å². The molecule has 2 heterocycles. The highest BCUT2D eigenvalue weighted by molar-refractivity contribution is 5.89. The molecule has 0 radical (unpaired) electrons. The summed E-state index contributed by atoms with van der Waals surface area (Å²) in [7, 11) is 0. The first kappa shape index (κ1) is 9.05. The maximum absolute atomic E-state index is 11.7. The number of hydrogen-bond acceptors (Lipinski definition) is 2. The second kappa shape index (κ2) is 3.69. The molecule has 5 nitrogen and oxygen atoms in total. The van der Waals surface area contributed by atoms with E-state index in [-0.39, 0.29) is 6.03 Å². The molecule has 1 aliphatic heterocycles. The summed E-state index contributed by atoms with van der Waals surface area (Å²) >= 11 is 0. The van der Waals surface area contributed by atoms with Gasteiger partial charge in [-0.05, 0) is 19.8 Å². The Morgan fingerprint density at radius 2 is 2.64 bits per heavy atom. The van der Waals surface area contributed by atoms with Gasteiger partial charge in [-0.15, -0.1) is 0 Å². The van der Waals surface area contributed by atoms with Crippen molar-refractivity contribution in [2.45, 2.75) is 25.8 Å². The van der Waals surface area contributed by atoms with E-state index in [1.807, 2.05) is 4.90 Å². The van der Waals surface area contributed by atoms with Gasteiger partial charge in [0.2, 0.25) is 0 Å². The summed E-state index contributed by atoms with van der Waals surface area (Å²) < 4.78 is 0. The highest BCUT2D eigenvalue weighted by Crippen LogP contribution is 2.17. The van der Waals surface area contributed by atoms with Crippen molar-refractivity contribution in [1.82, 2.24) is 15.1 Å². The van der Waals surface area contributed by atoms with Gasteiger partial charge in [0.25, 0.3) is 0 Å². The molecule has 1 atom stereocenters. The van der Waals surface area contributed by atoms with E-state index >= 15 is 0 Å². The number of urea groups is 1. The van der Waals surface area contributed by atoms with Crippen LogP contribution in [0.2, 0.25) is 0 Å². The molecule has 5 heteroatoms. The van der Waals surface area contributed by atoms with Crippen LogP contribution >= 0.6 is 0 Å². The lowest BCUT2D eigenvalue weighted by Gasteiger charge is -2.21. The van der Waals surface area contributed by atoms with Gasteiger partial charge in [-0.3, -0.25) is 5.10 Å². The molecule has 76 valence electrons. The Morgan fingerprint density at radius 3 is 3.21 bits per heavy atom. The third kappa shape index (κ3) is 1.71. The summed E-state index contributed by atoms with van der Waals surface area (Å²) in [5.41, 5.74) is 0.717. The number of nitrogens with zero attached hydrogens (tertiary/aromatic N) is 2. The number of rotatable bonds is 1. The quantitative estimate of drug-likeness (QED) is 0.710. The van der Waals surface area contributed by atoms with Crippen LogP contribution in [0.1, 0.15) is 19.8 Å². The van der Waals surface area contributed by atoms with Crippen LogP contribution in [0.15, 0.2) is 12.4 Å². The Hall–Kier alpha value is -1.52. The van der Waals surface area contributed by atoms with Crippen LogP contribution in [0.4, 0.5) is 10.5 Å². The van der Waals surface area contributed by atoms with Gasteiger partial charge in [0, 0.05) is 18.8 Å². The number of aromatic nitrogens is 2. The summed E-state index contributed by atoms with van der Waals surface area (Å²) in [4.78, 5) is 13.6. The molecule has 1 unspecified atom stereocenters. The maximum Gasteiger partial charge on any atom is 0.322 e. The van der Waals surface area contributed by atoms with Gasteiger partial charge >= 0.3 is 6.03 Å². The molecule has 1 aromatic heterocycles. The van der Waals surface area contributed by atoms with Crippen LogP contribution < -0.4 is 5.32 Å². The number of anilines is 1. The Kier molecular flexibility index (Phi) is 2.39. The van der Waals surface area contributed by atoms with E-state index in [1.54, 1.807) is 12.4 Å². The van der Waals surface area contributed by atoms with Crippen molar-refractivity contribution in [2.24, 2.45) is 0 Å². The van der Waals surface area contributed by atoms with Crippen LogP contribution in [-0.4, -0.2) is 33.7 Å².